The normalized spacial score (nSPS) is 11.7. The summed E-state index contributed by atoms with van der Waals surface area (Å²) in [6.45, 7) is 2.10. The third-order valence-electron chi connectivity index (χ3n) is 4.49. The summed E-state index contributed by atoms with van der Waals surface area (Å²) in [4.78, 5) is 8.33. The van der Waals surface area contributed by atoms with E-state index in [1.807, 2.05) is 42.5 Å². The van der Waals surface area contributed by atoms with Gasteiger partial charge in [-0.3, -0.25) is 5.43 Å². The lowest BCUT2D eigenvalue weighted by Crippen LogP contribution is -2.24. The number of thiocarbonyl (C=S) groups is 1. The molecule has 0 bridgehead atoms. The number of nitrogens with zero attached hydrogens (tertiary/aromatic N) is 3. The van der Waals surface area contributed by atoms with Crippen LogP contribution in [0.4, 0.5) is 11.4 Å². The minimum absolute atomic E-state index is 0.186. The molecule has 3 aromatic rings. The van der Waals surface area contributed by atoms with Crippen LogP contribution in [0, 0.1) is 0 Å². The van der Waals surface area contributed by atoms with Crippen LogP contribution < -0.4 is 16.5 Å². The number of aryl methyl sites for hydroxylation is 1. The van der Waals surface area contributed by atoms with Gasteiger partial charge in [-0.25, -0.2) is 9.98 Å². The zero-order valence-electron chi connectivity index (χ0n) is 17.6. The summed E-state index contributed by atoms with van der Waals surface area (Å²) in [5.74, 6) is 0.528. The standard InChI is InChI=1S/C24H24N6OS/c1-2-18-5-3-4-6-22(18)29-24(32)30-28-15-17-7-9-19(10-8-17)23(25)27-16-26-20-11-13-21(31)14-12-20/h3-16,31H,2H2,1H3,(H2,25,26,27)(H2,29,30,32)/b28-15+. The second-order valence-corrected chi connectivity index (χ2v) is 7.14. The maximum atomic E-state index is 9.28. The predicted octanol–water partition coefficient (Wildman–Crippen LogP) is 4.34. The van der Waals surface area contributed by atoms with Gasteiger partial charge in [0, 0.05) is 11.3 Å². The van der Waals surface area contributed by atoms with E-state index in [1.54, 1.807) is 30.5 Å². The fraction of sp³-hybridized carbons (Fsp3) is 0.0833. The van der Waals surface area contributed by atoms with Crippen LogP contribution in [-0.4, -0.2) is 28.6 Å². The highest BCUT2D eigenvalue weighted by Crippen LogP contribution is 2.16. The van der Waals surface area contributed by atoms with Crippen molar-refractivity contribution in [2.45, 2.75) is 13.3 Å². The van der Waals surface area contributed by atoms with E-state index in [2.05, 4.69) is 38.8 Å². The quantitative estimate of drug-likeness (QED) is 0.188. The predicted molar refractivity (Wildman–Crippen MR) is 136 cm³/mol. The zero-order chi connectivity index (χ0) is 22.8. The third kappa shape index (κ3) is 6.75. The lowest BCUT2D eigenvalue weighted by molar-refractivity contribution is 0.475. The van der Waals surface area contributed by atoms with Crippen molar-refractivity contribution in [1.29, 1.82) is 0 Å². The molecule has 0 saturated carbocycles. The third-order valence-corrected chi connectivity index (χ3v) is 4.68. The lowest BCUT2D eigenvalue weighted by Gasteiger charge is -2.10. The number of hydrogen-bond donors (Lipinski definition) is 4. The number of benzene rings is 3. The molecule has 0 radical (unpaired) electrons. The summed E-state index contributed by atoms with van der Waals surface area (Å²) in [6, 6.07) is 21.9. The molecule has 0 heterocycles. The molecule has 7 nitrogen and oxygen atoms in total. The first kappa shape index (κ1) is 22.6. The van der Waals surface area contributed by atoms with E-state index in [0.29, 0.717) is 16.6 Å². The van der Waals surface area contributed by atoms with Gasteiger partial charge in [-0.05, 0) is 60.1 Å². The number of hydrogen-bond acceptors (Lipinski definition) is 4. The maximum Gasteiger partial charge on any atom is 0.191 e. The molecule has 0 spiro atoms. The molecule has 0 saturated heterocycles. The molecule has 0 unspecified atom stereocenters. The highest BCUT2D eigenvalue weighted by atomic mass is 32.1. The number of anilines is 1. The van der Waals surface area contributed by atoms with E-state index in [-0.39, 0.29) is 5.75 Å². The van der Waals surface area contributed by atoms with Crippen LogP contribution in [0.25, 0.3) is 0 Å². The zero-order valence-corrected chi connectivity index (χ0v) is 18.4. The SMILES string of the molecule is CCc1ccccc1NC(=S)N/N=C/c1ccc(C(N)=NC=Nc2ccc(O)cc2)cc1. The second kappa shape index (κ2) is 11.4. The molecule has 0 aliphatic heterocycles. The Balaban J connectivity index is 1.53. The van der Waals surface area contributed by atoms with Crippen LogP contribution in [0.3, 0.4) is 0 Å². The minimum atomic E-state index is 0.186. The minimum Gasteiger partial charge on any atom is -0.508 e. The van der Waals surface area contributed by atoms with Gasteiger partial charge < -0.3 is 16.2 Å². The molecule has 0 atom stereocenters. The van der Waals surface area contributed by atoms with Crippen molar-refractivity contribution in [2.75, 3.05) is 5.32 Å². The molecule has 0 aromatic heterocycles. The molecule has 0 amide bonds. The van der Waals surface area contributed by atoms with Crippen molar-refractivity contribution in [1.82, 2.24) is 5.43 Å². The Morgan fingerprint density at radius 3 is 2.47 bits per heavy atom. The Labute approximate surface area is 192 Å². The average Bonchev–Trinajstić information content (AvgIpc) is 2.81. The molecular formula is C24H24N6OS. The summed E-state index contributed by atoms with van der Waals surface area (Å²) < 4.78 is 0. The molecule has 3 aromatic carbocycles. The molecule has 8 heteroatoms. The average molecular weight is 445 g/mol. The van der Waals surface area contributed by atoms with E-state index in [9.17, 15) is 5.11 Å². The highest BCUT2D eigenvalue weighted by molar-refractivity contribution is 7.80. The fourth-order valence-electron chi connectivity index (χ4n) is 2.78. The van der Waals surface area contributed by atoms with E-state index in [1.165, 1.54) is 11.9 Å². The van der Waals surface area contributed by atoms with Gasteiger partial charge in [0.05, 0.1) is 11.9 Å². The number of phenols is 1. The van der Waals surface area contributed by atoms with Gasteiger partial charge in [0.25, 0.3) is 0 Å². The maximum absolute atomic E-state index is 9.28. The monoisotopic (exact) mass is 444 g/mol. The Hall–Kier alpha value is -4.04. The number of nitrogens with two attached hydrogens (primary N) is 1. The topological polar surface area (TPSA) is 107 Å². The van der Waals surface area contributed by atoms with Crippen LogP contribution in [0.2, 0.25) is 0 Å². The Morgan fingerprint density at radius 2 is 1.75 bits per heavy atom. The second-order valence-electron chi connectivity index (χ2n) is 6.73. The van der Waals surface area contributed by atoms with Crippen molar-refractivity contribution in [3.05, 3.63) is 89.5 Å². The van der Waals surface area contributed by atoms with Gasteiger partial charge in [0.2, 0.25) is 0 Å². The van der Waals surface area contributed by atoms with Crippen LogP contribution in [0.1, 0.15) is 23.6 Å². The number of phenolic OH excluding ortho intramolecular Hbond substituents is 1. The number of nitrogens with one attached hydrogen (secondary N) is 2. The summed E-state index contributed by atoms with van der Waals surface area (Å²) in [7, 11) is 0. The van der Waals surface area contributed by atoms with E-state index in [4.69, 9.17) is 18.0 Å². The lowest BCUT2D eigenvalue weighted by atomic mass is 10.1. The van der Waals surface area contributed by atoms with Gasteiger partial charge in [-0.2, -0.15) is 5.10 Å². The van der Waals surface area contributed by atoms with Gasteiger partial charge in [-0.1, -0.05) is 49.4 Å². The summed E-state index contributed by atoms with van der Waals surface area (Å²) in [5, 5.41) is 17.0. The van der Waals surface area contributed by atoms with Crippen LogP contribution in [-0.2, 0) is 6.42 Å². The summed E-state index contributed by atoms with van der Waals surface area (Å²) >= 11 is 5.30. The summed E-state index contributed by atoms with van der Waals surface area (Å²) in [6.07, 6.45) is 3.96. The number of amidine groups is 1. The van der Waals surface area contributed by atoms with Crippen molar-refractivity contribution < 1.29 is 5.11 Å². The van der Waals surface area contributed by atoms with Crippen molar-refractivity contribution in [2.24, 2.45) is 20.8 Å². The van der Waals surface area contributed by atoms with Crippen molar-refractivity contribution in [3.8, 4) is 5.75 Å². The molecule has 3 rings (SSSR count). The van der Waals surface area contributed by atoms with Crippen LogP contribution >= 0.6 is 12.2 Å². The summed E-state index contributed by atoms with van der Waals surface area (Å²) in [5.41, 5.74) is 13.3. The number of para-hydroxylation sites is 1. The molecule has 162 valence electrons. The van der Waals surface area contributed by atoms with Gasteiger partial charge in [0.15, 0.2) is 5.11 Å². The van der Waals surface area contributed by atoms with Gasteiger partial charge in [0.1, 0.15) is 17.9 Å². The van der Waals surface area contributed by atoms with Crippen LogP contribution in [0.5, 0.6) is 5.75 Å². The smallest absolute Gasteiger partial charge is 0.191 e. The van der Waals surface area contributed by atoms with E-state index >= 15 is 0 Å². The molecule has 0 fully saturated rings. The first-order valence-corrected chi connectivity index (χ1v) is 10.4. The Bertz CT molecular complexity index is 1140. The Kier molecular flexibility index (Phi) is 8.05. The highest BCUT2D eigenvalue weighted by Gasteiger charge is 2.01. The van der Waals surface area contributed by atoms with Gasteiger partial charge >= 0.3 is 0 Å². The number of rotatable bonds is 7. The molecule has 32 heavy (non-hydrogen) atoms. The molecule has 0 aliphatic rings. The number of aromatic hydroxyl groups is 1. The van der Waals surface area contributed by atoms with E-state index in [0.717, 1.165) is 23.2 Å². The number of aliphatic imine (C=N–C) groups is 2. The van der Waals surface area contributed by atoms with Crippen molar-refractivity contribution >= 4 is 47.1 Å². The molecular weight excluding hydrogens is 420 g/mol. The first-order chi connectivity index (χ1) is 15.5. The first-order valence-electron chi connectivity index (χ1n) is 9.98. The van der Waals surface area contributed by atoms with Gasteiger partial charge in [-0.15, -0.1) is 0 Å². The van der Waals surface area contributed by atoms with Crippen LogP contribution in [0.15, 0.2) is 87.9 Å². The molecule has 5 N–H and O–H groups in total. The Morgan fingerprint density at radius 1 is 1.03 bits per heavy atom. The molecule has 0 aliphatic carbocycles. The van der Waals surface area contributed by atoms with E-state index < -0.39 is 0 Å². The van der Waals surface area contributed by atoms with Crippen molar-refractivity contribution in [3.63, 3.8) is 0 Å². The fourth-order valence-corrected chi connectivity index (χ4v) is 2.94. The number of hydrazone groups is 1. The largest absolute Gasteiger partial charge is 0.508 e.